The number of carbonyl (C=O) groups excluding carboxylic acids is 4. The van der Waals surface area contributed by atoms with E-state index in [1.807, 2.05) is 24.1 Å². The van der Waals surface area contributed by atoms with Gasteiger partial charge >= 0.3 is 18.0 Å². The van der Waals surface area contributed by atoms with Crippen molar-refractivity contribution in [2.45, 2.75) is 64.7 Å². The van der Waals surface area contributed by atoms with E-state index in [-0.39, 0.29) is 35.6 Å². The Morgan fingerprint density at radius 1 is 0.974 bits per heavy atom. The molecule has 11 heteroatoms. The predicted molar refractivity (Wildman–Crippen MR) is 140 cm³/mol. The quantitative estimate of drug-likeness (QED) is 0.237. The highest BCUT2D eigenvalue weighted by Crippen LogP contribution is 2.30. The molecule has 0 spiro atoms. The predicted octanol–water partition coefficient (Wildman–Crippen LogP) is 3.05. The molecular formula is C27H38N4O7. The van der Waals surface area contributed by atoms with Gasteiger partial charge in [0.15, 0.2) is 0 Å². The standard InChI is InChI=1S/C27H38N4O7/c1-17(32)37-18(2)38-27(35)29-24(28)19-5-11-23(12-6-19)31-15-13-20(14-16-31)25(33)30(3)22-9-7-21(8-10-22)26(34)36-4/h5-6,11-12,18,20-22H,7-10,13-16H2,1-4H3,(H2,28,29,35)/t18?,21-,22-. The molecular weight excluding hydrogens is 492 g/mol. The summed E-state index contributed by atoms with van der Waals surface area (Å²) in [6.45, 7) is 4.11. The maximum absolute atomic E-state index is 13.2. The summed E-state index contributed by atoms with van der Waals surface area (Å²) in [6, 6.07) is 7.41. The molecule has 1 aliphatic heterocycles. The van der Waals surface area contributed by atoms with Crippen LogP contribution in [0.15, 0.2) is 24.3 Å². The van der Waals surface area contributed by atoms with E-state index in [2.05, 4.69) is 10.2 Å². The Kier molecular flexibility index (Phi) is 10.1. The molecule has 0 bridgehead atoms. The van der Waals surface area contributed by atoms with Crippen LogP contribution in [0, 0.1) is 17.2 Å². The Morgan fingerprint density at radius 2 is 1.58 bits per heavy atom. The molecule has 1 aromatic carbocycles. The molecule has 208 valence electrons. The number of amidine groups is 1. The largest absolute Gasteiger partial charge is 0.469 e. The summed E-state index contributed by atoms with van der Waals surface area (Å²) in [5.74, 6) is -0.763. The zero-order chi connectivity index (χ0) is 27.8. The highest BCUT2D eigenvalue weighted by Gasteiger charge is 2.34. The van der Waals surface area contributed by atoms with Crippen LogP contribution in [-0.2, 0) is 28.6 Å². The monoisotopic (exact) mass is 530 g/mol. The number of amides is 2. The fraction of sp³-hybridized carbons (Fsp3) is 0.593. The van der Waals surface area contributed by atoms with E-state index in [0.717, 1.165) is 57.3 Å². The van der Waals surface area contributed by atoms with Crippen LogP contribution in [0.1, 0.15) is 57.9 Å². The number of rotatable bonds is 7. The number of nitrogens with one attached hydrogen (secondary N) is 2. The van der Waals surface area contributed by atoms with E-state index < -0.39 is 18.4 Å². The summed E-state index contributed by atoms with van der Waals surface area (Å²) in [4.78, 5) is 51.8. The number of hydrogen-bond acceptors (Lipinski definition) is 9. The van der Waals surface area contributed by atoms with Crippen LogP contribution in [0.5, 0.6) is 0 Å². The summed E-state index contributed by atoms with van der Waals surface area (Å²) in [5.41, 5.74) is 1.48. The van der Waals surface area contributed by atoms with Crippen LogP contribution < -0.4 is 10.2 Å². The van der Waals surface area contributed by atoms with E-state index >= 15 is 0 Å². The summed E-state index contributed by atoms with van der Waals surface area (Å²) in [5, 5.41) is 10.4. The van der Waals surface area contributed by atoms with E-state index in [1.54, 1.807) is 12.1 Å². The molecule has 2 fully saturated rings. The van der Waals surface area contributed by atoms with Gasteiger partial charge in [0.05, 0.1) is 13.0 Å². The van der Waals surface area contributed by atoms with Crippen molar-refractivity contribution in [3.8, 4) is 0 Å². The molecule has 2 amide bonds. The lowest BCUT2D eigenvalue weighted by atomic mass is 9.84. The summed E-state index contributed by atoms with van der Waals surface area (Å²) in [6.07, 6.45) is 2.72. The normalized spacial score (nSPS) is 20.6. The average molecular weight is 531 g/mol. The van der Waals surface area contributed by atoms with Gasteiger partial charge in [-0.15, -0.1) is 0 Å². The average Bonchev–Trinajstić information content (AvgIpc) is 2.91. The second kappa shape index (κ2) is 13.3. The minimum absolute atomic E-state index is 0.0217. The first kappa shape index (κ1) is 28.9. The Labute approximate surface area is 223 Å². The lowest BCUT2D eigenvalue weighted by Gasteiger charge is -2.38. The molecule has 1 atom stereocenters. The molecule has 1 aromatic rings. The first-order chi connectivity index (χ1) is 18.1. The Bertz CT molecular complexity index is 1010. The second-order valence-corrected chi connectivity index (χ2v) is 9.87. The van der Waals surface area contributed by atoms with Gasteiger partial charge in [-0.2, -0.15) is 0 Å². The lowest BCUT2D eigenvalue weighted by Crippen LogP contribution is -2.46. The van der Waals surface area contributed by atoms with E-state index in [9.17, 15) is 19.2 Å². The van der Waals surface area contributed by atoms with E-state index in [1.165, 1.54) is 21.0 Å². The van der Waals surface area contributed by atoms with Gasteiger partial charge in [-0.05, 0) is 62.8 Å². The van der Waals surface area contributed by atoms with Crippen LogP contribution in [0.3, 0.4) is 0 Å². The third-order valence-electron chi connectivity index (χ3n) is 7.32. The molecule has 1 aliphatic carbocycles. The van der Waals surface area contributed by atoms with Crippen LogP contribution in [0.2, 0.25) is 0 Å². The maximum Gasteiger partial charge on any atom is 0.415 e. The first-order valence-electron chi connectivity index (χ1n) is 13.0. The molecule has 11 nitrogen and oxygen atoms in total. The maximum atomic E-state index is 13.2. The molecule has 0 radical (unpaired) electrons. The second-order valence-electron chi connectivity index (χ2n) is 9.87. The number of piperidine rings is 1. The molecule has 3 rings (SSSR count). The van der Waals surface area contributed by atoms with Gasteiger partial charge in [0.25, 0.3) is 0 Å². The highest BCUT2D eigenvalue weighted by molar-refractivity contribution is 6.04. The third-order valence-corrected chi connectivity index (χ3v) is 7.32. The van der Waals surface area contributed by atoms with Gasteiger partial charge in [-0.25, -0.2) is 4.79 Å². The van der Waals surface area contributed by atoms with Gasteiger partial charge < -0.3 is 24.0 Å². The van der Waals surface area contributed by atoms with Crippen LogP contribution in [0.25, 0.3) is 0 Å². The van der Waals surface area contributed by atoms with Crippen molar-refractivity contribution in [3.63, 3.8) is 0 Å². The minimum atomic E-state index is -1.06. The molecule has 2 aliphatic rings. The number of anilines is 1. The number of benzene rings is 1. The molecule has 1 unspecified atom stereocenters. The topological polar surface area (TPSA) is 138 Å². The number of hydrogen-bond donors (Lipinski definition) is 2. The molecule has 1 saturated carbocycles. The Balaban J connectivity index is 1.45. The van der Waals surface area contributed by atoms with Crippen molar-refractivity contribution in [2.24, 2.45) is 11.8 Å². The van der Waals surface area contributed by atoms with Crippen molar-refractivity contribution in [2.75, 3.05) is 32.1 Å². The summed E-state index contributed by atoms with van der Waals surface area (Å²) in [7, 11) is 3.30. The summed E-state index contributed by atoms with van der Waals surface area (Å²) >= 11 is 0. The van der Waals surface area contributed by atoms with Crippen molar-refractivity contribution < 1.29 is 33.4 Å². The van der Waals surface area contributed by atoms with Gasteiger partial charge in [0.1, 0.15) is 5.84 Å². The smallest absolute Gasteiger partial charge is 0.415 e. The molecule has 1 heterocycles. The summed E-state index contributed by atoms with van der Waals surface area (Å²) < 4.78 is 14.5. The number of nitrogens with zero attached hydrogens (tertiary/aromatic N) is 2. The lowest BCUT2D eigenvalue weighted by molar-refractivity contribution is -0.161. The van der Waals surface area contributed by atoms with E-state index in [4.69, 9.17) is 19.6 Å². The number of ether oxygens (including phenoxy) is 3. The first-order valence-corrected chi connectivity index (χ1v) is 13.0. The number of carbonyl (C=O) groups is 4. The SMILES string of the molecule is COC(=O)[C@H]1CC[C@H](N(C)C(=O)C2CCN(c3ccc(C(=N)NC(=O)OC(C)OC(C)=O)cc3)CC2)CC1. The molecule has 1 saturated heterocycles. The fourth-order valence-corrected chi connectivity index (χ4v) is 5.17. The Hall–Kier alpha value is -3.63. The number of alkyl carbamates (subject to hydrolysis) is 1. The third kappa shape index (κ3) is 7.69. The van der Waals surface area contributed by atoms with Crippen LogP contribution in [0.4, 0.5) is 10.5 Å². The zero-order valence-corrected chi connectivity index (χ0v) is 22.5. The van der Waals surface area contributed by atoms with Crippen molar-refractivity contribution in [1.82, 2.24) is 10.2 Å². The van der Waals surface area contributed by atoms with E-state index in [0.29, 0.717) is 5.56 Å². The zero-order valence-electron chi connectivity index (χ0n) is 22.5. The van der Waals surface area contributed by atoms with Gasteiger partial charge in [-0.3, -0.25) is 25.1 Å². The number of esters is 2. The van der Waals surface area contributed by atoms with Gasteiger partial charge in [-0.1, -0.05) is 0 Å². The van der Waals surface area contributed by atoms with Crippen LogP contribution in [-0.4, -0.2) is 74.3 Å². The highest BCUT2D eigenvalue weighted by atomic mass is 16.7. The van der Waals surface area contributed by atoms with Crippen molar-refractivity contribution in [3.05, 3.63) is 29.8 Å². The van der Waals surface area contributed by atoms with Crippen molar-refractivity contribution >= 4 is 35.5 Å². The van der Waals surface area contributed by atoms with Gasteiger partial charge in [0, 0.05) is 57.2 Å². The Morgan fingerprint density at radius 3 is 2.13 bits per heavy atom. The molecule has 0 aromatic heterocycles. The molecule has 38 heavy (non-hydrogen) atoms. The number of methoxy groups -OCH3 is 1. The fourth-order valence-electron chi connectivity index (χ4n) is 5.17. The molecule has 2 N–H and O–H groups in total. The minimum Gasteiger partial charge on any atom is -0.469 e. The van der Waals surface area contributed by atoms with Crippen molar-refractivity contribution in [1.29, 1.82) is 5.41 Å². The van der Waals surface area contributed by atoms with Gasteiger partial charge in [0.2, 0.25) is 12.2 Å². The van der Waals surface area contributed by atoms with Crippen LogP contribution >= 0.6 is 0 Å².